The summed E-state index contributed by atoms with van der Waals surface area (Å²) in [5, 5.41) is 3.85. The maximum absolute atomic E-state index is 3.85. The minimum Gasteiger partial charge on any atom is -0.310 e. The molecule has 0 radical (unpaired) electrons. The molecule has 0 spiro atoms. The van der Waals surface area contributed by atoms with Crippen molar-refractivity contribution in [1.29, 1.82) is 0 Å². The standard InChI is InChI=1S/C14H29NS/c1-6-11(2)9-12(3)15-13-10-16-8-7-14(13,4)5/h11-13,15H,6-10H2,1-5H3. The minimum atomic E-state index is 0.481. The molecule has 2 heteroatoms. The number of hydrogen-bond donors (Lipinski definition) is 1. The molecule has 0 aromatic heterocycles. The molecular formula is C14H29NS. The van der Waals surface area contributed by atoms with Gasteiger partial charge in [0.15, 0.2) is 0 Å². The summed E-state index contributed by atoms with van der Waals surface area (Å²) in [5.74, 6) is 3.48. The zero-order valence-corrected chi connectivity index (χ0v) is 12.5. The lowest BCUT2D eigenvalue weighted by Crippen LogP contribution is -2.50. The van der Waals surface area contributed by atoms with Crippen molar-refractivity contribution in [3.05, 3.63) is 0 Å². The minimum absolute atomic E-state index is 0.481. The van der Waals surface area contributed by atoms with Gasteiger partial charge in [0.1, 0.15) is 0 Å². The van der Waals surface area contributed by atoms with Crippen LogP contribution in [-0.2, 0) is 0 Å². The molecule has 0 saturated carbocycles. The Morgan fingerprint density at radius 1 is 1.38 bits per heavy atom. The van der Waals surface area contributed by atoms with Crippen LogP contribution < -0.4 is 5.32 Å². The highest BCUT2D eigenvalue weighted by atomic mass is 32.2. The number of thioether (sulfide) groups is 1. The van der Waals surface area contributed by atoms with Gasteiger partial charge in [-0.25, -0.2) is 0 Å². The highest BCUT2D eigenvalue weighted by Gasteiger charge is 2.33. The molecule has 0 bridgehead atoms. The van der Waals surface area contributed by atoms with Gasteiger partial charge in [0.05, 0.1) is 0 Å². The predicted molar refractivity (Wildman–Crippen MR) is 76.2 cm³/mol. The average Bonchev–Trinajstić information content (AvgIpc) is 2.21. The largest absolute Gasteiger partial charge is 0.310 e. The summed E-state index contributed by atoms with van der Waals surface area (Å²) >= 11 is 2.11. The Kier molecular flexibility index (Phi) is 5.66. The summed E-state index contributed by atoms with van der Waals surface area (Å²) in [6, 6.07) is 1.36. The molecule has 1 saturated heterocycles. The van der Waals surface area contributed by atoms with Crippen molar-refractivity contribution in [1.82, 2.24) is 5.32 Å². The molecule has 0 aliphatic carbocycles. The first-order valence-electron chi connectivity index (χ1n) is 6.79. The topological polar surface area (TPSA) is 12.0 Å². The van der Waals surface area contributed by atoms with Crippen LogP contribution in [0.15, 0.2) is 0 Å². The van der Waals surface area contributed by atoms with Crippen LogP contribution in [0, 0.1) is 11.3 Å². The van der Waals surface area contributed by atoms with E-state index >= 15 is 0 Å². The summed E-state index contributed by atoms with van der Waals surface area (Å²) in [5.41, 5.74) is 0.481. The Bertz CT molecular complexity index is 203. The van der Waals surface area contributed by atoms with E-state index < -0.39 is 0 Å². The maximum atomic E-state index is 3.85. The zero-order chi connectivity index (χ0) is 12.2. The van der Waals surface area contributed by atoms with Gasteiger partial charge in [-0.1, -0.05) is 34.1 Å². The molecule has 1 aliphatic rings. The molecule has 96 valence electrons. The van der Waals surface area contributed by atoms with Crippen LogP contribution in [0.1, 0.15) is 53.9 Å². The van der Waals surface area contributed by atoms with Gasteiger partial charge in [0.2, 0.25) is 0 Å². The van der Waals surface area contributed by atoms with E-state index in [9.17, 15) is 0 Å². The maximum Gasteiger partial charge on any atom is 0.0212 e. The second-order valence-corrected chi connectivity index (χ2v) is 7.33. The summed E-state index contributed by atoms with van der Waals surface area (Å²) < 4.78 is 0. The first-order valence-corrected chi connectivity index (χ1v) is 7.95. The van der Waals surface area contributed by atoms with Crippen LogP contribution in [0.3, 0.4) is 0 Å². The molecule has 1 N–H and O–H groups in total. The third-order valence-corrected chi connectivity index (χ3v) is 5.12. The van der Waals surface area contributed by atoms with E-state index in [2.05, 4.69) is 51.7 Å². The predicted octanol–water partition coefficient (Wildman–Crippen LogP) is 3.93. The van der Waals surface area contributed by atoms with Gasteiger partial charge < -0.3 is 5.32 Å². The fraction of sp³-hybridized carbons (Fsp3) is 1.00. The molecule has 0 aromatic rings. The highest BCUT2D eigenvalue weighted by molar-refractivity contribution is 7.99. The van der Waals surface area contributed by atoms with Crippen molar-refractivity contribution in [3.8, 4) is 0 Å². The van der Waals surface area contributed by atoms with Crippen molar-refractivity contribution in [2.24, 2.45) is 11.3 Å². The van der Waals surface area contributed by atoms with Crippen molar-refractivity contribution in [2.45, 2.75) is 66.0 Å². The lowest BCUT2D eigenvalue weighted by Gasteiger charge is -2.40. The quantitative estimate of drug-likeness (QED) is 0.785. The Balaban J connectivity index is 2.39. The van der Waals surface area contributed by atoms with Crippen LogP contribution in [0.4, 0.5) is 0 Å². The van der Waals surface area contributed by atoms with Gasteiger partial charge in [-0.3, -0.25) is 0 Å². The Hall–Kier alpha value is 0.310. The smallest absolute Gasteiger partial charge is 0.0212 e. The first kappa shape index (κ1) is 14.4. The number of nitrogens with one attached hydrogen (secondary N) is 1. The zero-order valence-electron chi connectivity index (χ0n) is 11.7. The number of rotatable bonds is 5. The monoisotopic (exact) mass is 243 g/mol. The third kappa shape index (κ3) is 4.29. The van der Waals surface area contributed by atoms with Crippen LogP contribution in [0.5, 0.6) is 0 Å². The van der Waals surface area contributed by atoms with Crippen LogP contribution in [0.2, 0.25) is 0 Å². The molecule has 1 aliphatic heterocycles. The lowest BCUT2D eigenvalue weighted by atomic mass is 9.81. The summed E-state index contributed by atoms with van der Waals surface area (Å²) in [7, 11) is 0. The van der Waals surface area contributed by atoms with E-state index in [0.717, 1.165) is 5.92 Å². The second kappa shape index (κ2) is 6.30. The Morgan fingerprint density at radius 2 is 2.06 bits per heavy atom. The van der Waals surface area contributed by atoms with Gasteiger partial charge in [-0.05, 0) is 36.9 Å². The van der Waals surface area contributed by atoms with Gasteiger partial charge in [-0.15, -0.1) is 0 Å². The fourth-order valence-electron chi connectivity index (χ4n) is 2.39. The summed E-state index contributed by atoms with van der Waals surface area (Å²) in [6.07, 6.45) is 3.97. The fourth-order valence-corrected chi connectivity index (χ4v) is 4.01. The second-order valence-electron chi connectivity index (χ2n) is 6.18. The SMILES string of the molecule is CCC(C)CC(C)NC1CSCCC1(C)C. The molecule has 16 heavy (non-hydrogen) atoms. The van der Waals surface area contributed by atoms with E-state index in [-0.39, 0.29) is 0 Å². The van der Waals surface area contributed by atoms with Crippen molar-refractivity contribution in [3.63, 3.8) is 0 Å². The molecule has 3 atom stereocenters. The van der Waals surface area contributed by atoms with Crippen LogP contribution in [-0.4, -0.2) is 23.6 Å². The Labute approximate surface area is 106 Å². The normalized spacial score (nSPS) is 28.7. The van der Waals surface area contributed by atoms with Gasteiger partial charge in [0, 0.05) is 17.8 Å². The molecule has 1 heterocycles. The van der Waals surface area contributed by atoms with Gasteiger partial charge >= 0.3 is 0 Å². The molecule has 3 unspecified atom stereocenters. The number of hydrogen-bond acceptors (Lipinski definition) is 2. The van der Waals surface area contributed by atoms with Crippen molar-refractivity contribution < 1.29 is 0 Å². The molecule has 1 nitrogen and oxygen atoms in total. The van der Waals surface area contributed by atoms with Crippen LogP contribution in [0.25, 0.3) is 0 Å². The summed E-state index contributed by atoms with van der Waals surface area (Å²) in [6.45, 7) is 11.8. The third-order valence-electron chi connectivity index (χ3n) is 4.06. The summed E-state index contributed by atoms with van der Waals surface area (Å²) in [4.78, 5) is 0. The van der Waals surface area contributed by atoms with Crippen molar-refractivity contribution >= 4 is 11.8 Å². The molecule has 0 amide bonds. The molecule has 1 rings (SSSR count). The van der Waals surface area contributed by atoms with E-state index in [1.165, 1.54) is 30.8 Å². The van der Waals surface area contributed by atoms with Crippen molar-refractivity contribution in [2.75, 3.05) is 11.5 Å². The molecular weight excluding hydrogens is 214 g/mol. The van der Waals surface area contributed by atoms with Gasteiger partial charge in [-0.2, -0.15) is 11.8 Å². The Morgan fingerprint density at radius 3 is 2.62 bits per heavy atom. The van der Waals surface area contributed by atoms with Crippen LogP contribution >= 0.6 is 11.8 Å². The van der Waals surface area contributed by atoms with E-state index in [4.69, 9.17) is 0 Å². The van der Waals surface area contributed by atoms with E-state index in [0.29, 0.717) is 17.5 Å². The first-order chi connectivity index (χ1) is 7.45. The highest BCUT2D eigenvalue weighted by Crippen LogP contribution is 2.34. The van der Waals surface area contributed by atoms with E-state index in [1.54, 1.807) is 0 Å². The lowest BCUT2D eigenvalue weighted by molar-refractivity contribution is 0.222. The average molecular weight is 243 g/mol. The molecule has 1 fully saturated rings. The van der Waals surface area contributed by atoms with Gasteiger partial charge in [0.25, 0.3) is 0 Å². The van der Waals surface area contributed by atoms with E-state index in [1.807, 2.05) is 0 Å². The molecule has 0 aromatic carbocycles.